The molecule has 26 heavy (non-hydrogen) atoms. The summed E-state index contributed by atoms with van der Waals surface area (Å²) in [6, 6.07) is 11.8. The number of benzene rings is 2. The lowest BCUT2D eigenvalue weighted by Crippen LogP contribution is -2.50. The molecule has 136 valence electrons. The van der Waals surface area contributed by atoms with Gasteiger partial charge in [0.2, 0.25) is 0 Å². The smallest absolute Gasteiger partial charge is 0.269 e. The molecule has 0 saturated carbocycles. The summed E-state index contributed by atoms with van der Waals surface area (Å²) in [6.45, 7) is 3.03. The van der Waals surface area contributed by atoms with Gasteiger partial charge in [-0.2, -0.15) is 0 Å². The number of nitro groups is 1. The summed E-state index contributed by atoms with van der Waals surface area (Å²) in [7, 11) is 0. The number of nitrogens with zero attached hydrogens (tertiary/aromatic N) is 3. The van der Waals surface area contributed by atoms with Gasteiger partial charge in [-0.15, -0.1) is 0 Å². The van der Waals surface area contributed by atoms with Crippen LogP contribution in [-0.2, 0) is 0 Å². The Labute approximate surface area is 166 Å². The van der Waals surface area contributed by atoms with E-state index in [1.807, 2.05) is 0 Å². The Morgan fingerprint density at radius 1 is 1.08 bits per heavy atom. The first-order chi connectivity index (χ1) is 12.4. The Kier molecular flexibility index (Phi) is 5.80. The topological polar surface area (TPSA) is 61.7 Å². The number of non-ortho nitro benzene ring substituents is 1. The van der Waals surface area contributed by atoms with Crippen LogP contribution in [0, 0.1) is 10.1 Å². The minimum absolute atomic E-state index is 0.0950. The van der Waals surface area contributed by atoms with Crippen LogP contribution in [0.1, 0.15) is 0 Å². The Bertz CT molecular complexity index is 824. The molecule has 1 aliphatic heterocycles. The highest BCUT2D eigenvalue weighted by Crippen LogP contribution is 2.26. The van der Waals surface area contributed by atoms with Gasteiger partial charge in [-0.25, -0.2) is 0 Å². The summed E-state index contributed by atoms with van der Waals surface area (Å²) in [5.74, 6) is 0. The van der Waals surface area contributed by atoms with Gasteiger partial charge in [-0.3, -0.25) is 10.1 Å². The molecule has 6 nitrogen and oxygen atoms in total. The van der Waals surface area contributed by atoms with E-state index in [2.05, 4.69) is 15.1 Å². The molecule has 0 atom stereocenters. The van der Waals surface area contributed by atoms with Crippen molar-refractivity contribution in [2.75, 3.05) is 36.4 Å². The molecule has 1 aliphatic rings. The van der Waals surface area contributed by atoms with Gasteiger partial charge in [-0.1, -0.05) is 23.2 Å². The predicted octanol–water partition coefficient (Wildman–Crippen LogP) is 4.42. The van der Waals surface area contributed by atoms with E-state index in [0.717, 1.165) is 37.6 Å². The molecule has 0 aliphatic carbocycles. The van der Waals surface area contributed by atoms with Crippen molar-refractivity contribution in [3.05, 3.63) is 62.6 Å². The lowest BCUT2D eigenvalue weighted by molar-refractivity contribution is -0.384. The van der Waals surface area contributed by atoms with Gasteiger partial charge < -0.3 is 15.1 Å². The van der Waals surface area contributed by atoms with Crippen LogP contribution in [0.5, 0.6) is 0 Å². The second-order valence-corrected chi connectivity index (χ2v) is 7.03. The summed E-state index contributed by atoms with van der Waals surface area (Å²) in [4.78, 5) is 14.6. The highest BCUT2D eigenvalue weighted by atomic mass is 35.5. The number of thiocarbonyl (C=S) groups is 1. The van der Waals surface area contributed by atoms with Crippen LogP contribution in [0.4, 0.5) is 17.1 Å². The van der Waals surface area contributed by atoms with E-state index in [9.17, 15) is 10.1 Å². The molecule has 0 bridgehead atoms. The third kappa shape index (κ3) is 4.35. The average Bonchev–Trinajstić information content (AvgIpc) is 2.64. The monoisotopic (exact) mass is 410 g/mol. The fraction of sp³-hybridized carbons (Fsp3) is 0.235. The van der Waals surface area contributed by atoms with Crippen LogP contribution < -0.4 is 10.2 Å². The quantitative estimate of drug-likeness (QED) is 0.458. The van der Waals surface area contributed by atoms with E-state index in [4.69, 9.17) is 35.4 Å². The third-order valence-corrected chi connectivity index (χ3v) is 5.07. The number of nitrogens with one attached hydrogen (secondary N) is 1. The zero-order valence-corrected chi connectivity index (χ0v) is 16.0. The maximum atomic E-state index is 10.7. The van der Waals surface area contributed by atoms with E-state index >= 15 is 0 Å². The van der Waals surface area contributed by atoms with E-state index in [1.54, 1.807) is 30.3 Å². The molecule has 0 aromatic heterocycles. The van der Waals surface area contributed by atoms with Crippen molar-refractivity contribution in [1.82, 2.24) is 4.90 Å². The molecule has 2 aromatic carbocycles. The molecule has 2 aromatic rings. The van der Waals surface area contributed by atoms with E-state index in [1.165, 1.54) is 12.1 Å². The van der Waals surface area contributed by atoms with Crippen LogP contribution >= 0.6 is 35.4 Å². The van der Waals surface area contributed by atoms with Gasteiger partial charge in [0.05, 0.1) is 15.6 Å². The van der Waals surface area contributed by atoms with Gasteiger partial charge in [0, 0.05) is 49.0 Å². The Balaban J connectivity index is 1.57. The summed E-state index contributed by atoms with van der Waals surface area (Å²) < 4.78 is 0. The molecule has 3 rings (SSSR count). The average molecular weight is 411 g/mol. The minimum atomic E-state index is -0.395. The zero-order valence-electron chi connectivity index (χ0n) is 13.7. The van der Waals surface area contributed by atoms with E-state index in [0.29, 0.717) is 15.2 Å². The summed E-state index contributed by atoms with van der Waals surface area (Å²) >= 11 is 17.6. The van der Waals surface area contributed by atoms with Crippen LogP contribution in [0.3, 0.4) is 0 Å². The highest BCUT2D eigenvalue weighted by Gasteiger charge is 2.20. The maximum absolute atomic E-state index is 10.7. The standard InChI is InChI=1S/C17H16Cl2N4O2S/c18-12-1-6-16(15(19)11-12)20-17(26)22-9-7-21(8-10-22)13-2-4-14(5-3-13)23(24)25/h1-6,11H,7-10H2,(H,20,26). The van der Waals surface area contributed by atoms with Gasteiger partial charge in [-0.05, 0) is 42.5 Å². The third-order valence-electron chi connectivity index (χ3n) is 4.17. The highest BCUT2D eigenvalue weighted by molar-refractivity contribution is 7.80. The van der Waals surface area contributed by atoms with Gasteiger partial charge in [0.25, 0.3) is 5.69 Å². The molecule has 1 heterocycles. The molecule has 1 N–H and O–H groups in total. The number of anilines is 2. The van der Waals surface area contributed by atoms with Crippen molar-refractivity contribution in [2.45, 2.75) is 0 Å². The van der Waals surface area contributed by atoms with E-state index in [-0.39, 0.29) is 5.69 Å². The number of nitro benzene ring substituents is 1. The normalized spacial score (nSPS) is 14.2. The lowest BCUT2D eigenvalue weighted by atomic mass is 10.2. The Morgan fingerprint density at radius 3 is 2.31 bits per heavy atom. The SMILES string of the molecule is O=[N+]([O-])c1ccc(N2CCN(C(=S)Nc3ccc(Cl)cc3Cl)CC2)cc1. The first kappa shape index (κ1) is 18.7. The van der Waals surface area contributed by atoms with Crippen molar-refractivity contribution in [1.29, 1.82) is 0 Å². The zero-order chi connectivity index (χ0) is 18.7. The number of hydrogen-bond acceptors (Lipinski definition) is 4. The Hall–Kier alpha value is -2.09. The number of halogens is 2. The molecule has 0 radical (unpaired) electrons. The fourth-order valence-electron chi connectivity index (χ4n) is 2.74. The first-order valence-electron chi connectivity index (χ1n) is 7.94. The van der Waals surface area contributed by atoms with Crippen LogP contribution in [0.2, 0.25) is 10.0 Å². The summed E-state index contributed by atoms with van der Waals surface area (Å²) in [6.07, 6.45) is 0. The molecular weight excluding hydrogens is 395 g/mol. The largest absolute Gasteiger partial charge is 0.368 e. The van der Waals surface area contributed by atoms with Gasteiger partial charge >= 0.3 is 0 Å². The van der Waals surface area contributed by atoms with E-state index < -0.39 is 4.92 Å². The predicted molar refractivity (Wildman–Crippen MR) is 110 cm³/mol. The fourth-order valence-corrected chi connectivity index (χ4v) is 3.49. The Morgan fingerprint density at radius 2 is 1.73 bits per heavy atom. The molecule has 0 unspecified atom stereocenters. The second-order valence-electron chi connectivity index (χ2n) is 5.80. The molecule has 0 spiro atoms. The number of piperazine rings is 1. The molecular formula is C17H16Cl2N4O2S. The van der Waals surface area contributed by atoms with Crippen molar-refractivity contribution >= 4 is 57.6 Å². The molecule has 0 amide bonds. The minimum Gasteiger partial charge on any atom is -0.368 e. The molecule has 9 heteroatoms. The van der Waals surface area contributed by atoms with Crippen LogP contribution in [0.15, 0.2) is 42.5 Å². The van der Waals surface area contributed by atoms with Crippen molar-refractivity contribution < 1.29 is 4.92 Å². The van der Waals surface area contributed by atoms with Crippen molar-refractivity contribution in [2.24, 2.45) is 0 Å². The van der Waals surface area contributed by atoms with Gasteiger partial charge in [0.15, 0.2) is 5.11 Å². The summed E-state index contributed by atoms with van der Waals surface area (Å²) in [5.41, 5.74) is 1.78. The van der Waals surface area contributed by atoms with Crippen molar-refractivity contribution in [3.8, 4) is 0 Å². The number of hydrogen-bond donors (Lipinski definition) is 1. The van der Waals surface area contributed by atoms with Crippen LogP contribution in [0.25, 0.3) is 0 Å². The lowest BCUT2D eigenvalue weighted by Gasteiger charge is -2.37. The first-order valence-corrected chi connectivity index (χ1v) is 9.11. The van der Waals surface area contributed by atoms with Gasteiger partial charge in [0.1, 0.15) is 0 Å². The summed E-state index contributed by atoms with van der Waals surface area (Å²) in [5, 5.41) is 15.6. The maximum Gasteiger partial charge on any atom is 0.269 e. The number of rotatable bonds is 3. The molecule has 1 saturated heterocycles. The van der Waals surface area contributed by atoms with Crippen LogP contribution in [-0.4, -0.2) is 41.1 Å². The van der Waals surface area contributed by atoms with Crippen molar-refractivity contribution in [3.63, 3.8) is 0 Å². The molecule has 1 fully saturated rings. The second kappa shape index (κ2) is 8.07.